The fourth-order valence-electron chi connectivity index (χ4n) is 4.27. The molecular formula is C16H17NO3. The van der Waals surface area contributed by atoms with Gasteiger partial charge in [-0.25, -0.2) is 0 Å². The molecule has 5 atom stereocenters. The second kappa shape index (κ2) is 4.33. The van der Waals surface area contributed by atoms with Crippen molar-refractivity contribution in [3.63, 3.8) is 0 Å². The van der Waals surface area contributed by atoms with Gasteiger partial charge in [0, 0.05) is 12.5 Å². The van der Waals surface area contributed by atoms with Crippen LogP contribution in [-0.4, -0.2) is 18.0 Å². The van der Waals surface area contributed by atoms with Gasteiger partial charge in [-0.15, -0.1) is 0 Å². The van der Waals surface area contributed by atoms with Crippen LogP contribution >= 0.6 is 0 Å². The first-order valence-corrected chi connectivity index (χ1v) is 7.26. The highest BCUT2D eigenvalue weighted by atomic mass is 16.6. The van der Waals surface area contributed by atoms with Crippen LogP contribution in [0.3, 0.4) is 0 Å². The summed E-state index contributed by atoms with van der Waals surface area (Å²) in [5, 5.41) is 2.98. The van der Waals surface area contributed by atoms with Crippen LogP contribution in [0.1, 0.15) is 18.4 Å². The Morgan fingerprint density at radius 1 is 1.25 bits per heavy atom. The van der Waals surface area contributed by atoms with E-state index in [-0.39, 0.29) is 29.8 Å². The molecule has 4 heteroatoms. The highest BCUT2D eigenvalue weighted by Crippen LogP contribution is 2.57. The summed E-state index contributed by atoms with van der Waals surface area (Å²) in [6.07, 6.45) is 1.94. The molecule has 104 valence electrons. The second-order valence-electron chi connectivity index (χ2n) is 6.13. The highest BCUT2D eigenvalue weighted by molar-refractivity contribution is 5.88. The van der Waals surface area contributed by atoms with Crippen LogP contribution in [0.2, 0.25) is 0 Å². The first kappa shape index (κ1) is 11.9. The van der Waals surface area contributed by atoms with E-state index in [1.807, 2.05) is 30.3 Å². The molecule has 1 N–H and O–H groups in total. The van der Waals surface area contributed by atoms with Crippen LogP contribution in [-0.2, 0) is 20.9 Å². The normalized spacial score (nSPS) is 37.0. The van der Waals surface area contributed by atoms with Crippen LogP contribution in [0.4, 0.5) is 0 Å². The average Bonchev–Trinajstić information content (AvgIpc) is 3.07. The molecule has 2 bridgehead atoms. The number of ether oxygens (including phenoxy) is 1. The van der Waals surface area contributed by atoms with Crippen molar-refractivity contribution in [2.45, 2.75) is 25.5 Å². The molecule has 1 saturated heterocycles. The third kappa shape index (κ3) is 1.67. The SMILES string of the molecule is O=C(NCc1ccccc1)[C@H]1[C@H]2C[C@@H]3[C@@H]1C(=O)O[C@@H]3C2. The van der Waals surface area contributed by atoms with Crippen molar-refractivity contribution in [2.24, 2.45) is 23.7 Å². The molecule has 0 radical (unpaired) electrons. The Morgan fingerprint density at radius 3 is 2.85 bits per heavy atom. The fourth-order valence-corrected chi connectivity index (χ4v) is 4.27. The number of fused-ring (bicyclic) bond motifs is 1. The molecule has 2 saturated carbocycles. The predicted molar refractivity (Wildman–Crippen MR) is 71.4 cm³/mol. The highest BCUT2D eigenvalue weighted by Gasteiger charge is 2.63. The first-order valence-electron chi connectivity index (χ1n) is 7.26. The maximum absolute atomic E-state index is 12.4. The van der Waals surface area contributed by atoms with Gasteiger partial charge in [0.2, 0.25) is 5.91 Å². The smallest absolute Gasteiger partial charge is 0.310 e. The lowest BCUT2D eigenvalue weighted by molar-refractivity contribution is -0.146. The van der Waals surface area contributed by atoms with E-state index >= 15 is 0 Å². The van der Waals surface area contributed by atoms with Gasteiger partial charge in [0.25, 0.3) is 0 Å². The Bertz CT molecular complexity index is 554. The van der Waals surface area contributed by atoms with Gasteiger partial charge in [0.15, 0.2) is 0 Å². The maximum Gasteiger partial charge on any atom is 0.310 e. The lowest BCUT2D eigenvalue weighted by Crippen LogP contribution is -2.39. The van der Waals surface area contributed by atoms with E-state index in [1.54, 1.807) is 0 Å². The van der Waals surface area contributed by atoms with Gasteiger partial charge in [-0.1, -0.05) is 30.3 Å². The van der Waals surface area contributed by atoms with Crippen LogP contribution in [0, 0.1) is 23.7 Å². The molecule has 1 amide bonds. The topological polar surface area (TPSA) is 55.4 Å². The largest absolute Gasteiger partial charge is 0.462 e. The van der Waals surface area contributed by atoms with Gasteiger partial charge in [-0.3, -0.25) is 9.59 Å². The van der Waals surface area contributed by atoms with Crippen molar-refractivity contribution >= 4 is 11.9 Å². The zero-order chi connectivity index (χ0) is 13.7. The van der Waals surface area contributed by atoms with Crippen molar-refractivity contribution in [3.05, 3.63) is 35.9 Å². The Hall–Kier alpha value is -1.84. The zero-order valence-corrected chi connectivity index (χ0v) is 11.1. The van der Waals surface area contributed by atoms with E-state index in [0.717, 1.165) is 18.4 Å². The van der Waals surface area contributed by atoms with Gasteiger partial charge < -0.3 is 10.1 Å². The van der Waals surface area contributed by atoms with Crippen molar-refractivity contribution in [1.82, 2.24) is 5.32 Å². The van der Waals surface area contributed by atoms with E-state index in [9.17, 15) is 9.59 Å². The summed E-state index contributed by atoms with van der Waals surface area (Å²) in [5.41, 5.74) is 1.08. The number of amides is 1. The monoisotopic (exact) mass is 271 g/mol. The zero-order valence-electron chi connectivity index (χ0n) is 11.1. The van der Waals surface area contributed by atoms with Gasteiger partial charge in [-0.05, 0) is 24.3 Å². The molecule has 0 spiro atoms. The van der Waals surface area contributed by atoms with Gasteiger partial charge in [0.05, 0.1) is 11.8 Å². The number of esters is 1. The van der Waals surface area contributed by atoms with Crippen LogP contribution < -0.4 is 5.32 Å². The van der Waals surface area contributed by atoms with Crippen molar-refractivity contribution in [2.75, 3.05) is 0 Å². The number of hydrogen-bond donors (Lipinski definition) is 1. The van der Waals surface area contributed by atoms with Gasteiger partial charge in [-0.2, -0.15) is 0 Å². The summed E-state index contributed by atoms with van der Waals surface area (Å²) in [4.78, 5) is 24.3. The van der Waals surface area contributed by atoms with Crippen LogP contribution in [0.5, 0.6) is 0 Å². The number of carbonyl (C=O) groups excluding carboxylic acids is 2. The molecule has 20 heavy (non-hydrogen) atoms. The first-order chi connectivity index (χ1) is 9.74. The molecule has 1 heterocycles. The molecule has 4 rings (SSSR count). The Morgan fingerprint density at radius 2 is 2.05 bits per heavy atom. The van der Waals surface area contributed by atoms with E-state index in [2.05, 4.69) is 5.32 Å². The summed E-state index contributed by atoms with van der Waals surface area (Å²) in [5.74, 6) is 0.130. The summed E-state index contributed by atoms with van der Waals surface area (Å²) >= 11 is 0. The lowest BCUT2D eigenvalue weighted by atomic mass is 9.79. The second-order valence-corrected chi connectivity index (χ2v) is 6.13. The molecule has 3 aliphatic rings. The lowest BCUT2D eigenvalue weighted by Gasteiger charge is -2.23. The molecule has 1 aliphatic heterocycles. The molecule has 2 aliphatic carbocycles. The molecule has 0 unspecified atom stereocenters. The Labute approximate surface area is 117 Å². The van der Waals surface area contributed by atoms with E-state index in [1.165, 1.54) is 0 Å². The molecule has 4 nitrogen and oxygen atoms in total. The molecule has 3 fully saturated rings. The minimum atomic E-state index is -0.186. The minimum absolute atomic E-state index is 0.0173. The molecule has 1 aromatic rings. The predicted octanol–water partition coefficient (Wildman–Crippen LogP) is 1.50. The summed E-state index contributed by atoms with van der Waals surface area (Å²) in [7, 11) is 0. The molecule has 1 aromatic carbocycles. The van der Waals surface area contributed by atoms with Crippen molar-refractivity contribution < 1.29 is 14.3 Å². The maximum atomic E-state index is 12.4. The summed E-state index contributed by atoms with van der Waals surface area (Å²) in [6, 6.07) is 9.84. The number of rotatable bonds is 3. The van der Waals surface area contributed by atoms with Crippen LogP contribution in [0.15, 0.2) is 30.3 Å². The third-order valence-electron chi connectivity index (χ3n) is 5.10. The van der Waals surface area contributed by atoms with Crippen LogP contribution in [0.25, 0.3) is 0 Å². The van der Waals surface area contributed by atoms with E-state index < -0.39 is 0 Å². The Balaban J connectivity index is 1.46. The van der Waals surface area contributed by atoms with Crippen molar-refractivity contribution in [1.29, 1.82) is 0 Å². The minimum Gasteiger partial charge on any atom is -0.462 e. The molecular weight excluding hydrogens is 254 g/mol. The summed E-state index contributed by atoms with van der Waals surface area (Å²) < 4.78 is 5.36. The van der Waals surface area contributed by atoms with Gasteiger partial charge in [0.1, 0.15) is 6.10 Å². The number of benzene rings is 1. The number of hydrogen-bond acceptors (Lipinski definition) is 3. The van der Waals surface area contributed by atoms with Gasteiger partial charge >= 0.3 is 5.97 Å². The third-order valence-corrected chi connectivity index (χ3v) is 5.10. The summed E-state index contributed by atoms with van der Waals surface area (Å²) in [6.45, 7) is 0.527. The number of carbonyl (C=O) groups is 2. The Kier molecular flexibility index (Phi) is 2.59. The molecule has 0 aromatic heterocycles. The van der Waals surface area contributed by atoms with E-state index in [4.69, 9.17) is 4.74 Å². The quantitative estimate of drug-likeness (QED) is 0.848. The van der Waals surface area contributed by atoms with Crippen molar-refractivity contribution in [3.8, 4) is 0 Å². The fraction of sp³-hybridized carbons (Fsp3) is 0.500. The standard InChI is InChI=1S/C16H17NO3/c18-15(17-8-9-4-2-1-3-5-9)13-10-6-11-12(7-10)20-16(19)14(11)13/h1-5,10-14H,6-8H2,(H,17,18)/t10-,11-,12+,13-,14-/m0/s1. The number of nitrogens with one attached hydrogen (secondary N) is 1. The average molecular weight is 271 g/mol. The van der Waals surface area contributed by atoms with E-state index in [0.29, 0.717) is 18.4 Å².